The fourth-order valence-corrected chi connectivity index (χ4v) is 4.36. The van der Waals surface area contributed by atoms with E-state index in [4.69, 9.17) is 4.42 Å². The van der Waals surface area contributed by atoms with Crippen molar-refractivity contribution in [3.05, 3.63) is 47.7 Å². The van der Waals surface area contributed by atoms with Crippen molar-refractivity contribution in [1.29, 1.82) is 0 Å². The molecule has 116 valence electrons. The van der Waals surface area contributed by atoms with Gasteiger partial charge >= 0.3 is 0 Å². The lowest BCUT2D eigenvalue weighted by atomic mass is 9.62. The van der Waals surface area contributed by atoms with Crippen LogP contribution in [0.2, 0.25) is 0 Å². The van der Waals surface area contributed by atoms with E-state index in [1.807, 2.05) is 6.92 Å². The van der Waals surface area contributed by atoms with E-state index < -0.39 is 0 Å². The molecule has 1 aromatic carbocycles. The van der Waals surface area contributed by atoms with Gasteiger partial charge in [-0.3, -0.25) is 4.90 Å². The molecule has 0 bridgehead atoms. The molecule has 2 heterocycles. The van der Waals surface area contributed by atoms with Crippen molar-refractivity contribution < 1.29 is 4.42 Å². The average molecular weight is 297 g/mol. The number of hydrogen-bond acceptors (Lipinski definition) is 4. The number of rotatable bonds is 4. The molecule has 0 N–H and O–H groups in total. The highest BCUT2D eigenvalue weighted by Gasteiger charge is 2.55. The Kier molecular flexibility index (Phi) is 3.49. The topological polar surface area (TPSA) is 42.2 Å². The van der Waals surface area contributed by atoms with Gasteiger partial charge in [0, 0.05) is 13.0 Å². The van der Waals surface area contributed by atoms with Crippen molar-refractivity contribution in [2.24, 2.45) is 5.92 Å². The smallest absolute Gasteiger partial charge is 0.230 e. The van der Waals surface area contributed by atoms with Crippen molar-refractivity contribution >= 4 is 0 Å². The third kappa shape index (κ3) is 2.09. The van der Waals surface area contributed by atoms with E-state index in [1.54, 1.807) is 0 Å². The summed E-state index contributed by atoms with van der Waals surface area (Å²) >= 11 is 0. The van der Waals surface area contributed by atoms with E-state index in [0.717, 1.165) is 37.2 Å². The molecule has 4 rings (SSSR count). The number of hydrogen-bond donors (Lipinski definition) is 0. The molecule has 2 aromatic rings. The fraction of sp³-hybridized carbons (Fsp3) is 0.556. The second-order valence-corrected chi connectivity index (χ2v) is 6.56. The van der Waals surface area contributed by atoms with Crippen LogP contribution in [-0.2, 0) is 18.5 Å². The molecule has 1 aliphatic heterocycles. The van der Waals surface area contributed by atoms with Gasteiger partial charge in [-0.2, -0.15) is 0 Å². The third-order valence-corrected chi connectivity index (χ3v) is 5.45. The van der Waals surface area contributed by atoms with Gasteiger partial charge in [0.25, 0.3) is 0 Å². The van der Waals surface area contributed by atoms with Crippen LogP contribution in [0.1, 0.15) is 50.0 Å². The van der Waals surface area contributed by atoms with Gasteiger partial charge in [0.2, 0.25) is 11.8 Å². The molecule has 4 heteroatoms. The molecule has 4 nitrogen and oxygen atoms in total. The zero-order chi connectivity index (χ0) is 15.0. The van der Waals surface area contributed by atoms with Gasteiger partial charge in [-0.25, -0.2) is 0 Å². The van der Waals surface area contributed by atoms with Crippen LogP contribution in [-0.4, -0.2) is 21.6 Å². The van der Waals surface area contributed by atoms with E-state index in [9.17, 15) is 0 Å². The molecule has 2 atom stereocenters. The molecule has 0 amide bonds. The normalized spacial score (nSPS) is 28.1. The summed E-state index contributed by atoms with van der Waals surface area (Å²) in [5, 5.41) is 8.32. The molecule has 0 spiro atoms. The first-order valence-corrected chi connectivity index (χ1v) is 8.45. The summed E-state index contributed by atoms with van der Waals surface area (Å²) < 4.78 is 5.74. The van der Waals surface area contributed by atoms with Crippen LogP contribution in [0.5, 0.6) is 0 Å². The maximum absolute atomic E-state index is 5.74. The fourth-order valence-electron chi connectivity index (χ4n) is 4.36. The molecule has 1 aromatic heterocycles. The van der Waals surface area contributed by atoms with Crippen molar-refractivity contribution in [2.45, 2.75) is 51.1 Å². The predicted octanol–water partition coefficient (Wildman–Crippen LogP) is 3.53. The molecule has 2 fully saturated rings. The lowest BCUT2D eigenvalue weighted by Gasteiger charge is -2.61. The van der Waals surface area contributed by atoms with E-state index in [-0.39, 0.29) is 5.54 Å². The molecule has 1 saturated heterocycles. The van der Waals surface area contributed by atoms with Crippen molar-refractivity contribution in [2.75, 3.05) is 6.54 Å². The zero-order valence-electron chi connectivity index (χ0n) is 13.2. The summed E-state index contributed by atoms with van der Waals surface area (Å²) in [4.78, 5) is 2.55. The first-order chi connectivity index (χ1) is 10.8. The van der Waals surface area contributed by atoms with Gasteiger partial charge in [0.15, 0.2) is 0 Å². The van der Waals surface area contributed by atoms with Crippen molar-refractivity contribution in [3.63, 3.8) is 0 Å². The lowest BCUT2D eigenvalue weighted by Crippen LogP contribution is -2.65. The minimum Gasteiger partial charge on any atom is -0.424 e. The average Bonchev–Trinajstić information content (AvgIpc) is 3.01. The van der Waals surface area contributed by atoms with Crippen molar-refractivity contribution in [1.82, 2.24) is 15.1 Å². The Morgan fingerprint density at radius 3 is 2.73 bits per heavy atom. The molecular formula is C18H23N3O. The van der Waals surface area contributed by atoms with Crippen LogP contribution >= 0.6 is 0 Å². The van der Waals surface area contributed by atoms with Crippen LogP contribution in [0.4, 0.5) is 0 Å². The molecule has 2 aliphatic rings. The Morgan fingerprint density at radius 2 is 2.00 bits per heavy atom. The Bertz CT molecular complexity index is 639. The number of benzene rings is 1. The first-order valence-electron chi connectivity index (χ1n) is 8.45. The van der Waals surface area contributed by atoms with Crippen LogP contribution in [0.15, 0.2) is 34.7 Å². The quantitative estimate of drug-likeness (QED) is 0.865. The largest absolute Gasteiger partial charge is 0.424 e. The summed E-state index contributed by atoms with van der Waals surface area (Å²) in [6, 6.07) is 11.0. The Balaban J connectivity index is 1.62. The molecular weight excluding hydrogens is 274 g/mol. The second kappa shape index (κ2) is 5.51. The van der Waals surface area contributed by atoms with Gasteiger partial charge in [-0.1, -0.05) is 50.1 Å². The van der Waals surface area contributed by atoms with Gasteiger partial charge < -0.3 is 4.42 Å². The number of likely N-dealkylation sites (tertiary alicyclic amines) is 1. The summed E-state index contributed by atoms with van der Waals surface area (Å²) in [6.07, 6.45) is 6.07. The van der Waals surface area contributed by atoms with Gasteiger partial charge in [-0.05, 0) is 24.3 Å². The molecule has 0 radical (unpaired) electrons. The maximum atomic E-state index is 5.74. The Morgan fingerprint density at radius 1 is 1.18 bits per heavy atom. The minimum absolute atomic E-state index is 0.195. The highest BCUT2D eigenvalue weighted by molar-refractivity contribution is 5.30. The number of nitrogens with zero attached hydrogens (tertiary/aromatic N) is 3. The summed E-state index contributed by atoms with van der Waals surface area (Å²) in [5.74, 6) is 2.28. The highest BCUT2D eigenvalue weighted by atomic mass is 16.4. The van der Waals surface area contributed by atoms with Crippen LogP contribution in [0.3, 0.4) is 0 Å². The van der Waals surface area contributed by atoms with Crippen LogP contribution in [0, 0.1) is 5.92 Å². The zero-order valence-corrected chi connectivity index (χ0v) is 13.2. The number of fused-ring (bicyclic) bond motifs is 1. The molecule has 1 saturated carbocycles. The van der Waals surface area contributed by atoms with E-state index in [2.05, 4.69) is 45.4 Å². The molecule has 22 heavy (non-hydrogen) atoms. The molecule has 1 aliphatic carbocycles. The summed E-state index contributed by atoms with van der Waals surface area (Å²) in [6.45, 7) is 3.97. The monoisotopic (exact) mass is 297 g/mol. The van der Waals surface area contributed by atoms with Crippen molar-refractivity contribution in [3.8, 4) is 0 Å². The minimum atomic E-state index is 0.195. The van der Waals surface area contributed by atoms with Gasteiger partial charge in [0.05, 0.1) is 12.1 Å². The standard InChI is InChI=1S/C18H23N3O/c1-2-16-19-20-17(22-16)13-21-12-15-10-6-7-11-18(15,21)14-8-4-3-5-9-14/h3-5,8-9,15H,2,6-7,10-13H2,1H3/t15-,18-/m1/s1. The predicted molar refractivity (Wildman–Crippen MR) is 84.2 cm³/mol. The van der Waals surface area contributed by atoms with E-state index in [1.165, 1.54) is 31.2 Å². The maximum Gasteiger partial charge on any atom is 0.230 e. The first kappa shape index (κ1) is 13.9. The summed E-state index contributed by atoms with van der Waals surface area (Å²) in [7, 11) is 0. The van der Waals surface area contributed by atoms with Crippen LogP contribution in [0.25, 0.3) is 0 Å². The molecule has 0 unspecified atom stereocenters. The number of aromatic nitrogens is 2. The third-order valence-electron chi connectivity index (χ3n) is 5.45. The number of aryl methyl sites for hydroxylation is 1. The van der Waals surface area contributed by atoms with Gasteiger partial charge in [-0.15, -0.1) is 10.2 Å². The van der Waals surface area contributed by atoms with Crippen LogP contribution < -0.4 is 0 Å². The summed E-state index contributed by atoms with van der Waals surface area (Å²) in [5.41, 5.74) is 1.65. The SMILES string of the molecule is CCc1nnc(CN2C[C@H]3CCCC[C@@]32c2ccccc2)o1. The lowest BCUT2D eigenvalue weighted by molar-refractivity contribution is -0.124. The Labute approximate surface area is 131 Å². The van der Waals surface area contributed by atoms with E-state index in [0.29, 0.717) is 0 Å². The Hall–Kier alpha value is -1.68. The second-order valence-electron chi connectivity index (χ2n) is 6.56. The highest BCUT2D eigenvalue weighted by Crippen LogP contribution is 2.54. The van der Waals surface area contributed by atoms with Gasteiger partial charge in [0.1, 0.15) is 0 Å². The van der Waals surface area contributed by atoms with E-state index >= 15 is 0 Å².